The first-order chi connectivity index (χ1) is 10.8. The monoisotopic (exact) mass is 350 g/mol. The van der Waals surface area contributed by atoms with E-state index in [1.54, 1.807) is 34.9 Å². The van der Waals surface area contributed by atoms with Crippen LogP contribution in [0.15, 0.2) is 37.5 Å². The van der Waals surface area contributed by atoms with Crippen molar-refractivity contribution in [3.63, 3.8) is 0 Å². The van der Waals surface area contributed by atoms with E-state index in [9.17, 15) is 0 Å². The minimum absolute atomic E-state index is 0.598. The van der Waals surface area contributed by atoms with Gasteiger partial charge >= 0.3 is 0 Å². The van der Waals surface area contributed by atoms with Crippen LogP contribution in [0.4, 0.5) is 0 Å². The predicted octanol–water partition coefficient (Wildman–Crippen LogP) is 4.16. The molecule has 0 spiro atoms. The second-order valence-electron chi connectivity index (χ2n) is 4.39. The zero-order chi connectivity index (χ0) is 15.4. The van der Waals surface area contributed by atoms with Crippen LogP contribution < -0.4 is 0 Å². The molecule has 3 rings (SSSR count). The number of hydrogen-bond acceptors (Lipinski definition) is 8. The van der Waals surface area contributed by atoms with Gasteiger partial charge in [0.25, 0.3) is 0 Å². The largest absolute Gasteiger partial charge is 0.338 e. The predicted molar refractivity (Wildman–Crippen MR) is 90.4 cm³/mol. The molecule has 1 aromatic carbocycles. The van der Waals surface area contributed by atoms with E-state index in [0.717, 1.165) is 20.7 Å². The molecule has 0 radical (unpaired) electrons. The highest BCUT2D eigenvalue weighted by atomic mass is 32.2. The molecule has 0 aliphatic rings. The van der Waals surface area contributed by atoms with Crippen molar-refractivity contribution in [3.8, 4) is 11.4 Å². The maximum atomic E-state index is 5.30. The molecule has 0 aliphatic carbocycles. The van der Waals surface area contributed by atoms with Crippen LogP contribution in [0.1, 0.15) is 18.4 Å². The number of nitrogens with zero attached hydrogens (tertiary/aromatic N) is 4. The van der Waals surface area contributed by atoms with Gasteiger partial charge in [-0.15, -0.1) is 10.2 Å². The van der Waals surface area contributed by atoms with Gasteiger partial charge in [-0.05, 0) is 18.2 Å². The number of aryl methyl sites for hydroxylation is 1. The Morgan fingerprint density at radius 1 is 1.14 bits per heavy atom. The molecule has 2 aromatic heterocycles. The van der Waals surface area contributed by atoms with Gasteiger partial charge in [0.2, 0.25) is 11.7 Å². The molecular weight excluding hydrogens is 336 g/mol. The summed E-state index contributed by atoms with van der Waals surface area (Å²) in [5.41, 5.74) is 2.27. The van der Waals surface area contributed by atoms with E-state index in [-0.39, 0.29) is 0 Å². The lowest BCUT2D eigenvalue weighted by atomic mass is 10.1. The zero-order valence-electron chi connectivity index (χ0n) is 12.1. The Morgan fingerprint density at radius 2 is 1.91 bits per heavy atom. The molecule has 0 saturated carbocycles. The minimum Gasteiger partial charge on any atom is -0.338 e. The highest BCUT2D eigenvalue weighted by molar-refractivity contribution is 8.02. The van der Waals surface area contributed by atoms with Gasteiger partial charge in [-0.2, -0.15) is 4.98 Å². The molecule has 0 bridgehead atoms. The van der Waals surface area contributed by atoms with Crippen molar-refractivity contribution in [2.75, 3.05) is 6.26 Å². The number of aromatic nitrogens is 4. The van der Waals surface area contributed by atoms with Crippen molar-refractivity contribution in [1.29, 1.82) is 0 Å². The van der Waals surface area contributed by atoms with Crippen LogP contribution in [0.25, 0.3) is 11.4 Å². The Balaban J connectivity index is 1.65. The molecule has 0 saturated heterocycles. The standard InChI is InChI=1S/C14H14N4OS3/c1-3-9-4-6-10(7-5-9)12-15-11(19-18-12)8-21-14-17-16-13(20-2)22-14/h4-7H,3,8H2,1-2H3. The molecule has 2 heterocycles. The normalized spacial score (nSPS) is 11.0. The van der Waals surface area contributed by atoms with E-state index in [0.29, 0.717) is 17.5 Å². The van der Waals surface area contributed by atoms with Crippen LogP contribution in [0.2, 0.25) is 0 Å². The van der Waals surface area contributed by atoms with Crippen molar-refractivity contribution in [2.45, 2.75) is 27.8 Å². The van der Waals surface area contributed by atoms with Crippen LogP contribution in [0.3, 0.4) is 0 Å². The maximum absolute atomic E-state index is 5.30. The van der Waals surface area contributed by atoms with Gasteiger partial charge in [-0.1, -0.05) is 71.2 Å². The third-order valence-electron chi connectivity index (χ3n) is 2.97. The Bertz CT molecular complexity index is 739. The number of benzene rings is 1. The van der Waals surface area contributed by atoms with Crippen LogP contribution in [-0.4, -0.2) is 26.6 Å². The van der Waals surface area contributed by atoms with Crippen LogP contribution in [0.5, 0.6) is 0 Å². The minimum atomic E-state index is 0.598. The lowest BCUT2D eigenvalue weighted by Gasteiger charge is -1.97. The first kappa shape index (κ1) is 15.5. The molecule has 0 fully saturated rings. The van der Waals surface area contributed by atoms with Crippen LogP contribution >= 0.6 is 34.9 Å². The summed E-state index contributed by atoms with van der Waals surface area (Å²) in [6, 6.07) is 8.23. The summed E-state index contributed by atoms with van der Waals surface area (Å²) >= 11 is 4.73. The van der Waals surface area contributed by atoms with Gasteiger partial charge in [0.05, 0.1) is 5.75 Å². The van der Waals surface area contributed by atoms with E-state index in [2.05, 4.69) is 39.4 Å². The van der Waals surface area contributed by atoms with Gasteiger partial charge in [0.1, 0.15) is 0 Å². The number of hydrogen-bond donors (Lipinski definition) is 0. The van der Waals surface area contributed by atoms with E-state index in [1.807, 2.05) is 18.4 Å². The number of rotatable bonds is 6. The van der Waals surface area contributed by atoms with Crippen molar-refractivity contribution < 1.29 is 4.52 Å². The summed E-state index contributed by atoms with van der Waals surface area (Å²) in [7, 11) is 0. The first-order valence-corrected chi connectivity index (χ1v) is 9.73. The summed E-state index contributed by atoms with van der Waals surface area (Å²) in [5.74, 6) is 1.82. The van der Waals surface area contributed by atoms with Gasteiger partial charge in [-0.25, -0.2) is 0 Å². The Kier molecular flexibility index (Phi) is 5.12. The van der Waals surface area contributed by atoms with E-state index in [4.69, 9.17) is 4.52 Å². The van der Waals surface area contributed by atoms with E-state index in [1.165, 1.54) is 5.56 Å². The van der Waals surface area contributed by atoms with Gasteiger partial charge in [-0.3, -0.25) is 0 Å². The lowest BCUT2D eigenvalue weighted by molar-refractivity contribution is 0.391. The van der Waals surface area contributed by atoms with Gasteiger partial charge in [0, 0.05) is 5.56 Å². The second-order valence-corrected chi connectivity index (χ2v) is 7.64. The topological polar surface area (TPSA) is 64.7 Å². The molecule has 22 heavy (non-hydrogen) atoms. The first-order valence-electron chi connectivity index (χ1n) is 6.70. The Hall–Kier alpha value is -1.38. The lowest BCUT2D eigenvalue weighted by Crippen LogP contribution is -1.84. The molecule has 114 valence electrons. The van der Waals surface area contributed by atoms with Gasteiger partial charge < -0.3 is 4.52 Å². The summed E-state index contributed by atoms with van der Waals surface area (Å²) in [4.78, 5) is 4.43. The van der Waals surface area contributed by atoms with E-state index < -0.39 is 0 Å². The molecule has 3 aromatic rings. The Morgan fingerprint density at radius 3 is 2.59 bits per heavy atom. The highest BCUT2D eigenvalue weighted by Gasteiger charge is 2.11. The van der Waals surface area contributed by atoms with E-state index >= 15 is 0 Å². The molecular formula is C14H14N4OS3. The third kappa shape index (κ3) is 3.68. The fraction of sp³-hybridized carbons (Fsp3) is 0.286. The summed E-state index contributed by atoms with van der Waals surface area (Å²) in [5, 5.41) is 12.2. The second kappa shape index (κ2) is 7.26. The molecule has 8 heteroatoms. The summed E-state index contributed by atoms with van der Waals surface area (Å²) in [6.07, 6.45) is 3.01. The van der Waals surface area contributed by atoms with Crippen molar-refractivity contribution in [1.82, 2.24) is 20.3 Å². The fourth-order valence-corrected chi connectivity index (χ4v) is 4.06. The quantitative estimate of drug-likeness (QED) is 0.618. The summed E-state index contributed by atoms with van der Waals surface area (Å²) < 4.78 is 7.18. The third-order valence-corrected chi connectivity index (χ3v) is 5.99. The molecule has 0 aliphatic heterocycles. The molecule has 0 N–H and O–H groups in total. The van der Waals surface area contributed by atoms with Crippen LogP contribution in [0, 0.1) is 0 Å². The maximum Gasteiger partial charge on any atom is 0.237 e. The van der Waals surface area contributed by atoms with Crippen molar-refractivity contribution in [2.24, 2.45) is 0 Å². The molecule has 0 amide bonds. The molecule has 0 unspecified atom stereocenters. The average Bonchev–Trinajstić information content (AvgIpc) is 3.22. The van der Waals surface area contributed by atoms with Crippen LogP contribution in [-0.2, 0) is 12.2 Å². The number of thioether (sulfide) groups is 2. The van der Waals surface area contributed by atoms with Crippen molar-refractivity contribution in [3.05, 3.63) is 35.7 Å². The van der Waals surface area contributed by atoms with Crippen molar-refractivity contribution >= 4 is 34.9 Å². The van der Waals surface area contributed by atoms with Gasteiger partial charge in [0.15, 0.2) is 8.68 Å². The fourth-order valence-electron chi connectivity index (χ4n) is 1.78. The SMILES string of the molecule is CCc1ccc(-c2noc(CSc3nnc(SC)s3)n2)cc1. The smallest absolute Gasteiger partial charge is 0.237 e. The average molecular weight is 350 g/mol. The molecule has 5 nitrogen and oxygen atoms in total. The molecule has 0 atom stereocenters. The Labute approximate surface area is 140 Å². The zero-order valence-corrected chi connectivity index (χ0v) is 14.6. The highest BCUT2D eigenvalue weighted by Crippen LogP contribution is 2.29. The summed E-state index contributed by atoms with van der Waals surface area (Å²) in [6.45, 7) is 2.13.